The molecule has 4 heteroatoms. The summed E-state index contributed by atoms with van der Waals surface area (Å²) in [7, 11) is 0. The Bertz CT molecular complexity index is 680. The van der Waals surface area contributed by atoms with Crippen molar-refractivity contribution in [2.24, 2.45) is 0 Å². The minimum absolute atomic E-state index is 0.289. The van der Waals surface area contributed by atoms with E-state index < -0.39 is 0 Å². The number of ether oxygens (including phenoxy) is 1. The lowest BCUT2D eigenvalue weighted by atomic mass is 10.1. The molecule has 1 aliphatic rings. The number of carbonyl (C=O) groups excluding carboxylic acids is 1. The fourth-order valence-corrected chi connectivity index (χ4v) is 2.99. The fraction of sp³-hybridized carbons (Fsp3) is 0.0625. The predicted octanol–water partition coefficient (Wildman–Crippen LogP) is 4.45. The van der Waals surface area contributed by atoms with E-state index >= 15 is 0 Å². The number of rotatable bonds is 3. The molecule has 0 radical (unpaired) electrons. The van der Waals surface area contributed by atoms with Crippen molar-refractivity contribution in [1.29, 1.82) is 0 Å². The van der Waals surface area contributed by atoms with Crippen LogP contribution < -0.4 is 0 Å². The zero-order chi connectivity index (χ0) is 13.9. The topological polar surface area (TPSA) is 26.3 Å². The average Bonchev–Trinajstić information content (AvgIpc) is 3.10. The summed E-state index contributed by atoms with van der Waals surface area (Å²) in [5.74, 6) is 0.347. The van der Waals surface area contributed by atoms with E-state index in [4.69, 9.17) is 4.74 Å². The van der Waals surface area contributed by atoms with Gasteiger partial charge in [-0.15, -0.1) is 23.1 Å². The summed E-state index contributed by atoms with van der Waals surface area (Å²) in [6, 6.07) is 12.0. The van der Waals surface area contributed by atoms with E-state index in [1.807, 2.05) is 54.1 Å². The first kappa shape index (κ1) is 13.2. The van der Waals surface area contributed by atoms with Crippen LogP contribution in [0.1, 0.15) is 10.4 Å². The van der Waals surface area contributed by atoms with Crippen molar-refractivity contribution in [1.82, 2.24) is 0 Å². The number of esters is 1. The number of cyclic esters (lactones) is 1. The molecular formula is C16H12O2S2. The molecule has 3 rings (SSSR count). The Morgan fingerprint density at radius 3 is 2.65 bits per heavy atom. The van der Waals surface area contributed by atoms with Gasteiger partial charge in [-0.2, -0.15) is 0 Å². The molecule has 0 saturated carbocycles. The monoisotopic (exact) mass is 300 g/mol. The first-order valence-electron chi connectivity index (χ1n) is 6.10. The highest BCUT2D eigenvalue weighted by molar-refractivity contribution is 7.98. The van der Waals surface area contributed by atoms with E-state index in [9.17, 15) is 4.79 Å². The molecular weight excluding hydrogens is 288 g/mol. The molecule has 0 bridgehead atoms. The van der Waals surface area contributed by atoms with Crippen LogP contribution in [0.25, 0.3) is 11.8 Å². The number of thiophene rings is 1. The second-order valence-corrected chi connectivity index (χ2v) is 6.08. The first-order valence-corrected chi connectivity index (χ1v) is 8.20. The van der Waals surface area contributed by atoms with Crippen LogP contribution in [0.2, 0.25) is 0 Å². The lowest BCUT2D eigenvalue weighted by Crippen LogP contribution is -1.96. The van der Waals surface area contributed by atoms with Crippen LogP contribution in [0.4, 0.5) is 0 Å². The van der Waals surface area contributed by atoms with Gasteiger partial charge < -0.3 is 4.74 Å². The van der Waals surface area contributed by atoms with Crippen molar-refractivity contribution in [3.05, 3.63) is 63.9 Å². The Morgan fingerprint density at radius 2 is 2.00 bits per heavy atom. The van der Waals surface area contributed by atoms with E-state index in [2.05, 4.69) is 0 Å². The highest BCUT2D eigenvalue weighted by Gasteiger charge is 2.22. The molecule has 0 atom stereocenters. The normalized spacial score (nSPS) is 16.4. The Hall–Kier alpha value is -1.78. The second kappa shape index (κ2) is 5.69. The van der Waals surface area contributed by atoms with Gasteiger partial charge in [0.1, 0.15) is 5.76 Å². The maximum Gasteiger partial charge on any atom is 0.343 e. The summed E-state index contributed by atoms with van der Waals surface area (Å²) in [6.45, 7) is 0. The third-order valence-electron chi connectivity index (χ3n) is 2.93. The van der Waals surface area contributed by atoms with Crippen LogP contribution in [0.3, 0.4) is 0 Å². The molecule has 2 aromatic rings. The van der Waals surface area contributed by atoms with Crippen molar-refractivity contribution in [3.8, 4) is 0 Å². The predicted molar refractivity (Wildman–Crippen MR) is 84.6 cm³/mol. The largest absolute Gasteiger partial charge is 0.421 e. The third-order valence-corrected chi connectivity index (χ3v) is 4.55. The van der Waals surface area contributed by atoms with E-state index in [0.717, 1.165) is 10.4 Å². The van der Waals surface area contributed by atoms with E-state index in [1.165, 1.54) is 4.90 Å². The SMILES string of the molecule is CSc1ccc(/C=C2/C=C(c3cccs3)OC2=O)cc1. The summed E-state index contributed by atoms with van der Waals surface area (Å²) in [5.41, 5.74) is 1.59. The Labute approximate surface area is 125 Å². The lowest BCUT2D eigenvalue weighted by molar-refractivity contribution is -0.130. The maximum atomic E-state index is 11.9. The summed E-state index contributed by atoms with van der Waals surface area (Å²) in [4.78, 5) is 14.0. The van der Waals surface area contributed by atoms with Gasteiger partial charge in [0.05, 0.1) is 10.5 Å². The highest BCUT2D eigenvalue weighted by Crippen LogP contribution is 2.30. The third kappa shape index (κ3) is 2.71. The van der Waals surface area contributed by atoms with Gasteiger partial charge in [0.25, 0.3) is 0 Å². The van der Waals surface area contributed by atoms with Gasteiger partial charge in [0.2, 0.25) is 0 Å². The van der Waals surface area contributed by atoms with Crippen LogP contribution in [0.5, 0.6) is 0 Å². The highest BCUT2D eigenvalue weighted by atomic mass is 32.2. The van der Waals surface area contributed by atoms with Crippen molar-refractivity contribution >= 4 is 40.9 Å². The molecule has 1 aromatic carbocycles. The Kier molecular flexibility index (Phi) is 3.76. The standard InChI is InChI=1S/C16H12O2S2/c1-19-13-6-4-11(5-7-13)9-12-10-14(18-16(12)17)15-3-2-8-20-15/h2-10H,1H3/b12-9-. The molecule has 2 heterocycles. The Morgan fingerprint density at radius 1 is 1.20 bits per heavy atom. The zero-order valence-corrected chi connectivity index (χ0v) is 12.5. The molecule has 0 fully saturated rings. The minimum atomic E-state index is -0.289. The zero-order valence-electron chi connectivity index (χ0n) is 10.8. The molecule has 1 aliphatic heterocycles. The van der Waals surface area contributed by atoms with Crippen molar-refractivity contribution < 1.29 is 9.53 Å². The molecule has 0 unspecified atom stereocenters. The van der Waals surface area contributed by atoms with Gasteiger partial charge >= 0.3 is 5.97 Å². The molecule has 0 saturated heterocycles. The maximum absolute atomic E-state index is 11.9. The van der Waals surface area contributed by atoms with E-state index in [1.54, 1.807) is 29.2 Å². The van der Waals surface area contributed by atoms with Gasteiger partial charge in [-0.3, -0.25) is 0 Å². The first-order chi connectivity index (χ1) is 9.76. The minimum Gasteiger partial charge on any atom is -0.421 e. The molecule has 1 aromatic heterocycles. The second-order valence-electron chi connectivity index (χ2n) is 4.25. The molecule has 2 nitrogen and oxygen atoms in total. The summed E-state index contributed by atoms with van der Waals surface area (Å²) in [6.07, 6.45) is 5.70. The van der Waals surface area contributed by atoms with Crippen LogP contribution in [-0.2, 0) is 9.53 Å². The fourth-order valence-electron chi connectivity index (χ4n) is 1.91. The quantitative estimate of drug-likeness (QED) is 0.476. The van der Waals surface area contributed by atoms with Crippen LogP contribution in [-0.4, -0.2) is 12.2 Å². The number of hydrogen-bond donors (Lipinski definition) is 0. The number of thioether (sulfide) groups is 1. The molecule has 0 spiro atoms. The van der Waals surface area contributed by atoms with Gasteiger partial charge in [-0.1, -0.05) is 18.2 Å². The van der Waals surface area contributed by atoms with Gasteiger partial charge in [-0.05, 0) is 47.6 Å². The molecule has 20 heavy (non-hydrogen) atoms. The average molecular weight is 300 g/mol. The van der Waals surface area contributed by atoms with Crippen LogP contribution in [0.15, 0.2) is 58.3 Å². The van der Waals surface area contributed by atoms with Gasteiger partial charge in [0, 0.05) is 4.90 Å². The van der Waals surface area contributed by atoms with Crippen LogP contribution >= 0.6 is 23.1 Å². The van der Waals surface area contributed by atoms with E-state index in [0.29, 0.717) is 11.3 Å². The number of carbonyl (C=O) groups is 1. The molecule has 0 aliphatic carbocycles. The molecule has 0 amide bonds. The number of hydrogen-bond acceptors (Lipinski definition) is 4. The number of benzene rings is 1. The smallest absolute Gasteiger partial charge is 0.343 e. The van der Waals surface area contributed by atoms with Gasteiger partial charge in [-0.25, -0.2) is 4.79 Å². The Balaban J connectivity index is 1.88. The molecule has 100 valence electrons. The van der Waals surface area contributed by atoms with Crippen molar-refractivity contribution in [2.75, 3.05) is 6.26 Å². The molecule has 0 N–H and O–H groups in total. The van der Waals surface area contributed by atoms with Gasteiger partial charge in [0.15, 0.2) is 0 Å². The summed E-state index contributed by atoms with van der Waals surface area (Å²) >= 11 is 3.26. The van der Waals surface area contributed by atoms with Crippen LogP contribution in [0, 0.1) is 0 Å². The van der Waals surface area contributed by atoms with E-state index in [-0.39, 0.29) is 5.97 Å². The summed E-state index contributed by atoms with van der Waals surface area (Å²) in [5, 5.41) is 1.97. The van der Waals surface area contributed by atoms with Crippen molar-refractivity contribution in [2.45, 2.75) is 4.90 Å². The lowest BCUT2D eigenvalue weighted by Gasteiger charge is -1.98. The summed E-state index contributed by atoms with van der Waals surface area (Å²) < 4.78 is 5.30. The van der Waals surface area contributed by atoms with Crippen molar-refractivity contribution in [3.63, 3.8) is 0 Å².